The first-order valence-electron chi connectivity index (χ1n) is 6.93. The predicted molar refractivity (Wildman–Crippen MR) is 97.7 cm³/mol. The van der Waals surface area contributed by atoms with Crippen LogP contribution in [0.2, 0.25) is 5.02 Å². The molecule has 0 spiro atoms. The van der Waals surface area contributed by atoms with Gasteiger partial charge in [0.05, 0.1) is 0 Å². The minimum Gasteiger partial charge on any atom is -0.372 e. The van der Waals surface area contributed by atoms with Crippen LogP contribution in [0.1, 0.15) is 17.3 Å². The van der Waals surface area contributed by atoms with E-state index in [0.717, 1.165) is 17.3 Å². The maximum Gasteiger partial charge on any atom is 0.104 e. The summed E-state index contributed by atoms with van der Waals surface area (Å²) in [6.45, 7) is 0.894. The molecule has 0 amide bonds. The maximum absolute atomic E-state index is 6.04. The topological polar surface area (TPSA) is 24.1 Å². The summed E-state index contributed by atoms with van der Waals surface area (Å²) in [6.07, 6.45) is 4.27. The van der Waals surface area contributed by atoms with Crippen molar-refractivity contribution in [3.63, 3.8) is 0 Å². The molecule has 1 aliphatic heterocycles. The summed E-state index contributed by atoms with van der Waals surface area (Å²) in [4.78, 5) is 1.29. The summed E-state index contributed by atoms with van der Waals surface area (Å²) in [5.74, 6) is 0.917. The van der Waals surface area contributed by atoms with Gasteiger partial charge in [-0.3, -0.25) is 5.32 Å². The molecule has 116 valence electrons. The van der Waals surface area contributed by atoms with Gasteiger partial charge >= 0.3 is 0 Å². The molecule has 2 aromatic carbocycles. The molecule has 0 radical (unpaired) electrons. The molecule has 2 aromatic rings. The fourth-order valence-corrected chi connectivity index (χ4v) is 3.55. The minimum absolute atomic E-state index is 0. The molecule has 0 saturated heterocycles. The lowest BCUT2D eigenvalue weighted by Crippen LogP contribution is -2.35. The molecule has 0 aromatic heterocycles. The number of thioether (sulfide) groups is 1. The Bertz CT molecular complexity index is 646. The zero-order valence-corrected chi connectivity index (χ0v) is 14.3. The van der Waals surface area contributed by atoms with Gasteiger partial charge in [-0.25, -0.2) is 0 Å². The molecule has 1 atom stereocenters. The number of benzene rings is 2. The van der Waals surface area contributed by atoms with Crippen LogP contribution in [0.3, 0.4) is 0 Å². The molecule has 1 aliphatic rings. The molecule has 0 fully saturated rings. The lowest BCUT2D eigenvalue weighted by atomic mass is 10.1. The largest absolute Gasteiger partial charge is 0.372 e. The first-order chi connectivity index (χ1) is 10.3. The van der Waals surface area contributed by atoms with Gasteiger partial charge in [0, 0.05) is 27.8 Å². The van der Waals surface area contributed by atoms with E-state index in [2.05, 4.69) is 47.0 Å². The van der Waals surface area contributed by atoms with Crippen LogP contribution in [-0.2, 0) is 5.75 Å². The van der Waals surface area contributed by atoms with Crippen LogP contribution < -0.4 is 10.6 Å². The Hall–Kier alpha value is -1.13. The summed E-state index contributed by atoms with van der Waals surface area (Å²) in [5.41, 5.74) is 2.53. The number of hydrogen-bond donors (Lipinski definition) is 2. The Morgan fingerprint density at radius 1 is 1.14 bits per heavy atom. The van der Waals surface area contributed by atoms with Gasteiger partial charge in [0.2, 0.25) is 0 Å². The molecular formula is C17H18Cl2N2S. The fraction of sp³-hybridized carbons (Fsp3) is 0.176. The average molecular weight is 353 g/mol. The Balaban J connectivity index is 0.00000176. The Kier molecular flexibility index (Phi) is 6.65. The van der Waals surface area contributed by atoms with E-state index in [0.29, 0.717) is 0 Å². The molecule has 1 unspecified atom stereocenters. The summed E-state index contributed by atoms with van der Waals surface area (Å²) in [5, 5.41) is 7.60. The first kappa shape index (κ1) is 17.2. The highest BCUT2D eigenvalue weighted by Crippen LogP contribution is 2.30. The van der Waals surface area contributed by atoms with E-state index in [1.165, 1.54) is 16.0 Å². The van der Waals surface area contributed by atoms with Crippen molar-refractivity contribution in [3.8, 4) is 0 Å². The van der Waals surface area contributed by atoms with Crippen molar-refractivity contribution in [2.24, 2.45) is 0 Å². The zero-order valence-electron chi connectivity index (χ0n) is 12.0. The van der Waals surface area contributed by atoms with Crippen LogP contribution >= 0.6 is 35.8 Å². The number of rotatable bonds is 4. The smallest absolute Gasteiger partial charge is 0.104 e. The Morgan fingerprint density at radius 2 is 2.00 bits per heavy atom. The average Bonchev–Trinajstić information content (AvgIpc) is 2.54. The Labute approximate surface area is 146 Å². The lowest BCUT2D eigenvalue weighted by Gasteiger charge is -2.24. The number of nitrogens with one attached hydrogen (secondary N) is 2. The molecule has 0 bridgehead atoms. The highest BCUT2D eigenvalue weighted by Gasteiger charge is 2.14. The molecule has 3 rings (SSSR count). The van der Waals surface area contributed by atoms with Gasteiger partial charge in [-0.1, -0.05) is 48.0 Å². The molecule has 5 heteroatoms. The standard InChI is InChI=1S/C17H17ClN2S.ClH/c18-14-6-3-5-13(11-14)12-21-16-8-2-1-7-15(16)17-19-9-4-10-20-17;/h1-9,11,17,19-20H,10,12H2;1H. The third-order valence-electron chi connectivity index (χ3n) is 3.33. The highest BCUT2D eigenvalue weighted by atomic mass is 35.5. The van der Waals surface area contributed by atoms with Gasteiger partial charge in [0.1, 0.15) is 6.17 Å². The van der Waals surface area contributed by atoms with Crippen molar-refractivity contribution in [3.05, 3.63) is 77.0 Å². The molecule has 1 heterocycles. The second-order valence-electron chi connectivity index (χ2n) is 4.87. The van der Waals surface area contributed by atoms with E-state index < -0.39 is 0 Å². The van der Waals surface area contributed by atoms with Crippen LogP contribution in [0.25, 0.3) is 0 Å². The van der Waals surface area contributed by atoms with Gasteiger partial charge in [-0.2, -0.15) is 0 Å². The molecular weight excluding hydrogens is 335 g/mol. The van der Waals surface area contributed by atoms with E-state index >= 15 is 0 Å². The van der Waals surface area contributed by atoms with Gasteiger partial charge in [-0.05, 0) is 30.0 Å². The van der Waals surface area contributed by atoms with Crippen molar-refractivity contribution in [1.82, 2.24) is 10.6 Å². The summed E-state index contributed by atoms with van der Waals surface area (Å²) >= 11 is 7.88. The third kappa shape index (κ3) is 4.43. The second-order valence-corrected chi connectivity index (χ2v) is 6.32. The van der Waals surface area contributed by atoms with Crippen LogP contribution in [0.5, 0.6) is 0 Å². The molecule has 0 saturated carbocycles. The van der Waals surface area contributed by atoms with Crippen molar-refractivity contribution in [1.29, 1.82) is 0 Å². The fourth-order valence-electron chi connectivity index (χ4n) is 2.31. The first-order valence-corrected chi connectivity index (χ1v) is 8.30. The van der Waals surface area contributed by atoms with E-state index in [1.54, 1.807) is 0 Å². The number of halogens is 2. The quantitative estimate of drug-likeness (QED) is 0.775. The highest BCUT2D eigenvalue weighted by molar-refractivity contribution is 7.98. The zero-order chi connectivity index (χ0) is 14.5. The van der Waals surface area contributed by atoms with Gasteiger partial charge < -0.3 is 5.32 Å². The van der Waals surface area contributed by atoms with E-state index in [9.17, 15) is 0 Å². The van der Waals surface area contributed by atoms with Crippen LogP contribution in [0, 0.1) is 0 Å². The maximum atomic E-state index is 6.04. The van der Waals surface area contributed by atoms with Crippen molar-refractivity contribution in [2.45, 2.75) is 16.8 Å². The molecule has 0 aliphatic carbocycles. The van der Waals surface area contributed by atoms with Crippen LogP contribution in [0.4, 0.5) is 0 Å². The van der Waals surface area contributed by atoms with E-state index in [-0.39, 0.29) is 18.6 Å². The Morgan fingerprint density at radius 3 is 2.77 bits per heavy atom. The molecule has 2 N–H and O–H groups in total. The van der Waals surface area contributed by atoms with Gasteiger partial charge in [0.25, 0.3) is 0 Å². The summed E-state index contributed by atoms with van der Waals surface area (Å²) < 4.78 is 0. The molecule has 2 nitrogen and oxygen atoms in total. The second kappa shape index (κ2) is 8.49. The summed E-state index contributed by atoms with van der Waals surface area (Å²) in [6, 6.07) is 16.6. The number of hydrogen-bond acceptors (Lipinski definition) is 3. The van der Waals surface area contributed by atoms with Gasteiger partial charge in [0.15, 0.2) is 0 Å². The molecule has 22 heavy (non-hydrogen) atoms. The van der Waals surface area contributed by atoms with E-state index in [4.69, 9.17) is 11.6 Å². The van der Waals surface area contributed by atoms with Crippen LogP contribution in [0.15, 0.2) is 65.7 Å². The van der Waals surface area contributed by atoms with Crippen molar-refractivity contribution < 1.29 is 0 Å². The normalized spacial score (nSPS) is 16.7. The lowest BCUT2D eigenvalue weighted by molar-refractivity contribution is 0.491. The van der Waals surface area contributed by atoms with Gasteiger partial charge in [-0.15, -0.1) is 24.2 Å². The minimum atomic E-state index is 0. The summed E-state index contributed by atoms with van der Waals surface area (Å²) in [7, 11) is 0. The van der Waals surface area contributed by atoms with E-state index in [1.807, 2.05) is 36.2 Å². The van der Waals surface area contributed by atoms with Crippen molar-refractivity contribution in [2.75, 3.05) is 6.54 Å². The SMILES string of the molecule is Cl.Clc1cccc(CSc2ccccc2C2NC=CCN2)c1. The van der Waals surface area contributed by atoms with Crippen molar-refractivity contribution >= 4 is 35.8 Å². The predicted octanol–water partition coefficient (Wildman–Crippen LogP) is 4.76. The monoisotopic (exact) mass is 352 g/mol. The third-order valence-corrected chi connectivity index (χ3v) is 4.73. The van der Waals surface area contributed by atoms with Crippen LogP contribution in [-0.4, -0.2) is 6.54 Å².